The van der Waals surface area contributed by atoms with Gasteiger partial charge < -0.3 is 34.5 Å². The third-order valence-electron chi connectivity index (χ3n) is 6.30. The minimum Gasteiger partial charge on any atom is -0.487 e. The Morgan fingerprint density at radius 3 is 2.59 bits per heavy atom. The number of aromatic nitrogens is 3. The summed E-state index contributed by atoms with van der Waals surface area (Å²) in [5.74, 6) is 0.235. The molecule has 11 nitrogen and oxygen atoms in total. The van der Waals surface area contributed by atoms with Gasteiger partial charge in [-0.1, -0.05) is 6.07 Å². The fraction of sp³-hybridized carbons (Fsp3) is 0.417. The number of halogens is 4. The zero-order valence-electron chi connectivity index (χ0n) is 20.4. The maximum Gasteiger partial charge on any atom is 0.573 e. The Morgan fingerprint density at radius 2 is 1.92 bits per heavy atom. The maximum atomic E-state index is 14.9. The number of alkyl halides is 4. The first kappa shape index (κ1) is 26.5. The molecule has 0 radical (unpaired) electrons. The van der Waals surface area contributed by atoms with Crippen LogP contribution in [0.1, 0.15) is 12.0 Å². The molecule has 2 aromatic heterocycles. The lowest BCUT2D eigenvalue weighted by atomic mass is 10.1. The van der Waals surface area contributed by atoms with E-state index in [0.717, 1.165) is 17.7 Å². The smallest absolute Gasteiger partial charge is 0.487 e. The minimum absolute atomic E-state index is 0.0588. The molecule has 1 aromatic carbocycles. The van der Waals surface area contributed by atoms with Crippen molar-refractivity contribution < 1.29 is 36.7 Å². The van der Waals surface area contributed by atoms with Gasteiger partial charge in [0.25, 0.3) is 0 Å². The van der Waals surface area contributed by atoms with E-state index in [4.69, 9.17) is 9.47 Å². The normalized spacial score (nSPS) is 21.1. The Morgan fingerprint density at radius 1 is 1.15 bits per heavy atom. The zero-order valence-corrected chi connectivity index (χ0v) is 20.4. The Hall–Kier alpha value is -4.14. The van der Waals surface area contributed by atoms with Crippen LogP contribution in [0.2, 0.25) is 0 Å². The van der Waals surface area contributed by atoms with Crippen LogP contribution in [0.15, 0.2) is 48.8 Å². The number of nitrogens with zero attached hydrogens (tertiary/aromatic N) is 5. The van der Waals surface area contributed by atoms with Crippen LogP contribution in [0, 0.1) is 10.1 Å². The predicted molar refractivity (Wildman–Crippen MR) is 129 cm³/mol. The summed E-state index contributed by atoms with van der Waals surface area (Å²) in [6, 6.07) is 8.69. The second-order valence-electron chi connectivity index (χ2n) is 9.13. The first-order valence-corrected chi connectivity index (χ1v) is 12.1. The van der Waals surface area contributed by atoms with Crippen LogP contribution in [0.4, 0.5) is 29.2 Å². The molecule has 3 atom stereocenters. The highest BCUT2D eigenvalue weighted by molar-refractivity contribution is 5.40. The molecule has 0 saturated carbocycles. The van der Waals surface area contributed by atoms with Crippen LogP contribution in [0.5, 0.6) is 17.5 Å². The summed E-state index contributed by atoms with van der Waals surface area (Å²) >= 11 is 0. The second kappa shape index (κ2) is 10.9. The molecule has 3 aromatic rings. The van der Waals surface area contributed by atoms with Gasteiger partial charge in [-0.15, -0.1) is 13.2 Å². The van der Waals surface area contributed by atoms with Crippen molar-refractivity contribution in [3.63, 3.8) is 0 Å². The van der Waals surface area contributed by atoms with Crippen molar-refractivity contribution in [1.82, 2.24) is 19.9 Å². The molecule has 3 unspecified atom stereocenters. The number of rotatable bonds is 8. The van der Waals surface area contributed by atoms with E-state index in [2.05, 4.69) is 20.0 Å². The van der Waals surface area contributed by atoms with Crippen molar-refractivity contribution >= 4 is 11.6 Å². The number of pyridine rings is 1. The standard InChI is InChI=1S/C24H24F4N6O5/c25-19-12-32(8-7-20(19)38-17-2-4-18(5-3-17)39-24(26,27)28)21-6-1-15(10-30-21)9-29-16-11-33-13-22(34(35)36)31-23(33)37-14-16/h1-6,10,13,16,19-20,29H,7-9,11-12,14H2. The molecule has 0 aliphatic carbocycles. The minimum atomic E-state index is -4.79. The topological polar surface area (TPSA) is 117 Å². The van der Waals surface area contributed by atoms with Crippen molar-refractivity contribution in [2.45, 2.75) is 44.2 Å². The van der Waals surface area contributed by atoms with Gasteiger partial charge >= 0.3 is 18.2 Å². The molecule has 0 amide bonds. The first-order chi connectivity index (χ1) is 18.6. The molecule has 2 aliphatic heterocycles. The summed E-state index contributed by atoms with van der Waals surface area (Å²) in [5.41, 5.74) is 0.897. The summed E-state index contributed by atoms with van der Waals surface area (Å²) in [7, 11) is 0. The van der Waals surface area contributed by atoms with Gasteiger partial charge in [-0.3, -0.25) is 4.57 Å². The maximum absolute atomic E-state index is 14.9. The summed E-state index contributed by atoms with van der Waals surface area (Å²) in [6.45, 7) is 1.83. The van der Waals surface area contributed by atoms with Crippen molar-refractivity contribution in [3.8, 4) is 17.5 Å². The van der Waals surface area contributed by atoms with Gasteiger partial charge in [0, 0.05) is 37.2 Å². The summed E-state index contributed by atoms with van der Waals surface area (Å²) < 4.78 is 68.4. The van der Waals surface area contributed by atoms with Gasteiger partial charge in [0.15, 0.2) is 6.17 Å². The molecule has 208 valence electrons. The van der Waals surface area contributed by atoms with E-state index in [0.29, 0.717) is 38.5 Å². The monoisotopic (exact) mass is 552 g/mol. The number of piperidine rings is 1. The molecule has 1 N–H and O–H groups in total. The van der Waals surface area contributed by atoms with Gasteiger partial charge in [-0.2, -0.15) is 0 Å². The number of ether oxygens (including phenoxy) is 3. The third-order valence-corrected chi connectivity index (χ3v) is 6.30. The van der Waals surface area contributed by atoms with E-state index in [-0.39, 0.29) is 35.9 Å². The van der Waals surface area contributed by atoms with E-state index in [9.17, 15) is 27.7 Å². The first-order valence-electron chi connectivity index (χ1n) is 12.1. The third kappa shape index (κ3) is 6.66. The van der Waals surface area contributed by atoms with Crippen molar-refractivity contribution in [3.05, 3.63) is 64.5 Å². The highest BCUT2D eigenvalue weighted by atomic mass is 19.4. The SMILES string of the molecule is O=[N+]([O-])c1cn2c(n1)OCC(NCc1ccc(N3CCC(Oc4ccc(OC(F)(F)F)cc4)C(F)C3)nc1)C2. The van der Waals surface area contributed by atoms with E-state index in [1.54, 1.807) is 16.8 Å². The van der Waals surface area contributed by atoms with Crippen molar-refractivity contribution in [1.29, 1.82) is 0 Å². The number of hydrogen-bond donors (Lipinski definition) is 1. The molecule has 2 aliphatic rings. The molecular weight excluding hydrogens is 528 g/mol. The molecule has 1 fully saturated rings. The number of benzene rings is 1. The van der Waals surface area contributed by atoms with Crippen LogP contribution in [0.25, 0.3) is 0 Å². The molecule has 0 spiro atoms. The van der Waals surface area contributed by atoms with E-state index < -0.39 is 23.6 Å². The molecule has 0 bridgehead atoms. The summed E-state index contributed by atoms with van der Waals surface area (Å²) in [5, 5.41) is 14.2. The fourth-order valence-electron chi connectivity index (χ4n) is 4.40. The number of nitro groups is 1. The lowest BCUT2D eigenvalue weighted by Gasteiger charge is -2.35. The average Bonchev–Trinajstić information content (AvgIpc) is 3.33. The van der Waals surface area contributed by atoms with Crippen LogP contribution in [0.3, 0.4) is 0 Å². The van der Waals surface area contributed by atoms with Gasteiger partial charge in [0.05, 0.1) is 12.6 Å². The van der Waals surface area contributed by atoms with Gasteiger partial charge in [0.1, 0.15) is 36.2 Å². The Bertz CT molecular complexity index is 1290. The average molecular weight is 552 g/mol. The van der Waals surface area contributed by atoms with E-state index in [1.807, 2.05) is 11.0 Å². The van der Waals surface area contributed by atoms with Crippen LogP contribution in [-0.2, 0) is 13.1 Å². The molecule has 15 heteroatoms. The van der Waals surface area contributed by atoms with E-state index >= 15 is 0 Å². The fourth-order valence-corrected chi connectivity index (χ4v) is 4.40. The summed E-state index contributed by atoms with van der Waals surface area (Å²) in [6.07, 6.45) is -3.46. The second-order valence-corrected chi connectivity index (χ2v) is 9.13. The van der Waals surface area contributed by atoms with Crippen molar-refractivity contribution in [2.75, 3.05) is 24.6 Å². The number of anilines is 1. The zero-order chi connectivity index (χ0) is 27.6. The Balaban J connectivity index is 1.09. The van der Waals surface area contributed by atoms with E-state index in [1.165, 1.54) is 18.3 Å². The largest absolute Gasteiger partial charge is 0.573 e. The summed E-state index contributed by atoms with van der Waals surface area (Å²) in [4.78, 5) is 20.4. The van der Waals surface area contributed by atoms with Crippen LogP contribution in [-0.4, -0.2) is 63.8 Å². The van der Waals surface area contributed by atoms with Crippen LogP contribution >= 0.6 is 0 Å². The number of nitrogens with one attached hydrogen (secondary N) is 1. The highest BCUT2D eigenvalue weighted by Crippen LogP contribution is 2.28. The quantitative estimate of drug-likeness (QED) is 0.254. The predicted octanol–water partition coefficient (Wildman–Crippen LogP) is 3.63. The lowest BCUT2D eigenvalue weighted by Crippen LogP contribution is -2.47. The van der Waals surface area contributed by atoms with Gasteiger partial charge in [-0.05, 0) is 40.8 Å². The number of imidazole rings is 1. The molecule has 39 heavy (non-hydrogen) atoms. The molecule has 1 saturated heterocycles. The van der Waals surface area contributed by atoms with Crippen LogP contribution < -0.4 is 24.4 Å². The molecule has 5 rings (SSSR count). The van der Waals surface area contributed by atoms with Gasteiger partial charge in [0.2, 0.25) is 0 Å². The van der Waals surface area contributed by atoms with Crippen molar-refractivity contribution in [2.24, 2.45) is 0 Å². The highest BCUT2D eigenvalue weighted by Gasteiger charge is 2.33. The molecule has 4 heterocycles. The Labute approximate surface area is 219 Å². The molecular formula is C24H24F4N6O5. The lowest BCUT2D eigenvalue weighted by molar-refractivity contribution is -0.389. The number of hydrogen-bond acceptors (Lipinski definition) is 9. The Kier molecular flexibility index (Phi) is 7.41. The number of fused-ring (bicyclic) bond motifs is 1. The van der Waals surface area contributed by atoms with Gasteiger partial charge in [-0.25, -0.2) is 9.37 Å².